The highest BCUT2D eigenvalue weighted by Gasteiger charge is 2.33. The first-order valence-electron chi connectivity index (χ1n) is 5.38. The number of hydrogen-bond donors (Lipinski definition) is 1. The van der Waals surface area contributed by atoms with Crippen LogP contribution >= 0.6 is 0 Å². The number of carbonyl (C=O) groups excluding carboxylic acids is 1. The van der Waals surface area contributed by atoms with Crippen molar-refractivity contribution in [3.05, 3.63) is 29.3 Å². The largest absolute Gasteiger partial charge is 0.418 e. The van der Waals surface area contributed by atoms with Gasteiger partial charge in [0.05, 0.1) is 5.56 Å². The van der Waals surface area contributed by atoms with Crippen LogP contribution in [0.3, 0.4) is 0 Å². The van der Waals surface area contributed by atoms with E-state index in [9.17, 15) is 18.0 Å². The van der Waals surface area contributed by atoms with Crippen LogP contribution in [0.2, 0.25) is 0 Å². The smallest absolute Gasteiger partial charge is 0.398 e. The van der Waals surface area contributed by atoms with Gasteiger partial charge in [-0.05, 0) is 32.0 Å². The minimum absolute atomic E-state index is 0.0206. The lowest BCUT2D eigenvalue weighted by atomic mass is 10.1. The van der Waals surface area contributed by atoms with Crippen molar-refractivity contribution in [3.63, 3.8) is 0 Å². The van der Waals surface area contributed by atoms with Crippen molar-refractivity contribution in [1.82, 2.24) is 4.90 Å². The molecular formula is C12H15F3N2O. The molecule has 1 rings (SSSR count). The number of nitrogen functional groups attached to an aromatic ring is 1. The molecule has 0 saturated heterocycles. The van der Waals surface area contributed by atoms with E-state index < -0.39 is 17.6 Å². The number of rotatable bonds is 2. The topological polar surface area (TPSA) is 46.3 Å². The van der Waals surface area contributed by atoms with Gasteiger partial charge in [0.2, 0.25) is 0 Å². The van der Waals surface area contributed by atoms with Gasteiger partial charge in [-0.2, -0.15) is 13.2 Å². The molecule has 0 aliphatic heterocycles. The molecule has 1 aromatic carbocycles. The van der Waals surface area contributed by atoms with Crippen LogP contribution in [-0.4, -0.2) is 23.9 Å². The number of anilines is 1. The Hall–Kier alpha value is -1.72. The fraction of sp³-hybridized carbons (Fsp3) is 0.417. The second-order valence-electron chi connectivity index (χ2n) is 4.31. The molecule has 0 unspecified atom stereocenters. The minimum atomic E-state index is -4.56. The molecule has 3 nitrogen and oxygen atoms in total. The molecule has 0 fully saturated rings. The molecule has 100 valence electrons. The Kier molecular flexibility index (Phi) is 3.88. The highest BCUT2D eigenvalue weighted by atomic mass is 19.4. The third-order valence-corrected chi connectivity index (χ3v) is 2.70. The predicted molar refractivity (Wildman–Crippen MR) is 63.1 cm³/mol. The Bertz CT molecular complexity index is 455. The molecule has 0 saturated carbocycles. The van der Waals surface area contributed by atoms with E-state index in [0.717, 1.165) is 12.1 Å². The molecule has 1 aromatic rings. The Labute approximate surface area is 103 Å². The molecule has 0 aliphatic rings. The van der Waals surface area contributed by atoms with Crippen molar-refractivity contribution in [1.29, 1.82) is 0 Å². The summed E-state index contributed by atoms with van der Waals surface area (Å²) in [6.45, 7) is 3.56. The number of carbonyl (C=O) groups is 1. The zero-order chi connectivity index (χ0) is 14.1. The van der Waals surface area contributed by atoms with Crippen LogP contribution in [0.5, 0.6) is 0 Å². The lowest BCUT2D eigenvalue weighted by Gasteiger charge is -2.22. The third-order valence-electron chi connectivity index (χ3n) is 2.70. The number of benzene rings is 1. The van der Waals surface area contributed by atoms with Gasteiger partial charge in [0.15, 0.2) is 0 Å². The molecule has 18 heavy (non-hydrogen) atoms. The molecule has 0 bridgehead atoms. The van der Waals surface area contributed by atoms with Crippen LogP contribution < -0.4 is 5.73 Å². The molecule has 0 atom stereocenters. The van der Waals surface area contributed by atoms with Crippen molar-refractivity contribution >= 4 is 11.6 Å². The first-order chi connectivity index (χ1) is 8.14. The Morgan fingerprint density at radius 3 is 2.33 bits per heavy atom. The fourth-order valence-corrected chi connectivity index (χ4v) is 1.37. The van der Waals surface area contributed by atoms with Gasteiger partial charge < -0.3 is 10.6 Å². The maximum atomic E-state index is 12.6. The highest BCUT2D eigenvalue weighted by molar-refractivity contribution is 5.95. The van der Waals surface area contributed by atoms with Crippen molar-refractivity contribution in [3.8, 4) is 0 Å². The van der Waals surface area contributed by atoms with Crippen LogP contribution in [0.25, 0.3) is 0 Å². The third kappa shape index (κ3) is 2.94. The van der Waals surface area contributed by atoms with Gasteiger partial charge in [-0.25, -0.2) is 0 Å². The number of hydrogen-bond acceptors (Lipinski definition) is 2. The van der Waals surface area contributed by atoms with Gasteiger partial charge in [-0.3, -0.25) is 4.79 Å². The van der Waals surface area contributed by atoms with Gasteiger partial charge in [0, 0.05) is 24.3 Å². The van der Waals surface area contributed by atoms with E-state index in [1.807, 2.05) is 0 Å². The number of alkyl halides is 3. The lowest BCUT2D eigenvalue weighted by molar-refractivity contribution is -0.136. The summed E-state index contributed by atoms with van der Waals surface area (Å²) in [6, 6.07) is 3.09. The second-order valence-corrected chi connectivity index (χ2v) is 4.31. The number of amides is 1. The van der Waals surface area contributed by atoms with E-state index in [1.165, 1.54) is 18.0 Å². The molecule has 0 spiro atoms. The molecule has 0 radical (unpaired) electrons. The Balaban J connectivity index is 3.17. The van der Waals surface area contributed by atoms with Gasteiger partial charge in [-0.1, -0.05) is 0 Å². The zero-order valence-corrected chi connectivity index (χ0v) is 10.4. The quantitative estimate of drug-likeness (QED) is 0.831. The number of nitrogens with zero attached hydrogens (tertiary/aromatic N) is 1. The van der Waals surface area contributed by atoms with E-state index >= 15 is 0 Å². The molecule has 6 heteroatoms. The monoisotopic (exact) mass is 260 g/mol. The Morgan fingerprint density at radius 2 is 1.89 bits per heavy atom. The van der Waals surface area contributed by atoms with E-state index in [1.54, 1.807) is 13.8 Å². The molecule has 2 N–H and O–H groups in total. The van der Waals surface area contributed by atoms with Crippen molar-refractivity contribution in [2.45, 2.75) is 26.1 Å². The molecule has 0 aromatic heterocycles. The van der Waals surface area contributed by atoms with Gasteiger partial charge >= 0.3 is 6.18 Å². The van der Waals surface area contributed by atoms with E-state index in [0.29, 0.717) is 0 Å². The molecular weight excluding hydrogens is 245 g/mol. The summed E-state index contributed by atoms with van der Waals surface area (Å²) < 4.78 is 37.9. The minimum Gasteiger partial charge on any atom is -0.398 e. The van der Waals surface area contributed by atoms with E-state index in [2.05, 4.69) is 0 Å². The summed E-state index contributed by atoms with van der Waals surface area (Å²) >= 11 is 0. The van der Waals surface area contributed by atoms with Gasteiger partial charge in [-0.15, -0.1) is 0 Å². The summed E-state index contributed by atoms with van der Waals surface area (Å²) in [5.74, 6) is -0.463. The van der Waals surface area contributed by atoms with Crippen molar-refractivity contribution in [2.75, 3.05) is 12.8 Å². The molecule has 0 aliphatic carbocycles. The first kappa shape index (κ1) is 14.3. The molecule has 1 amide bonds. The summed E-state index contributed by atoms with van der Waals surface area (Å²) in [4.78, 5) is 13.3. The second kappa shape index (κ2) is 4.88. The van der Waals surface area contributed by atoms with Gasteiger partial charge in [0.25, 0.3) is 5.91 Å². The van der Waals surface area contributed by atoms with Crippen molar-refractivity contribution < 1.29 is 18.0 Å². The van der Waals surface area contributed by atoms with E-state index in [4.69, 9.17) is 5.73 Å². The fourth-order valence-electron chi connectivity index (χ4n) is 1.37. The average Bonchev–Trinajstić information content (AvgIpc) is 2.26. The molecule has 0 heterocycles. The van der Waals surface area contributed by atoms with E-state index in [-0.39, 0.29) is 17.3 Å². The highest BCUT2D eigenvalue weighted by Crippen LogP contribution is 2.34. The average molecular weight is 260 g/mol. The lowest BCUT2D eigenvalue weighted by Crippen LogP contribution is -2.33. The zero-order valence-electron chi connectivity index (χ0n) is 10.4. The standard InChI is InChI=1S/C12H15F3N2O/c1-7(2)17(3)11(18)8-4-5-10(16)9(6-8)12(13,14)15/h4-7H,16H2,1-3H3. The summed E-state index contributed by atoms with van der Waals surface area (Å²) in [6.07, 6.45) is -4.56. The van der Waals surface area contributed by atoms with Crippen LogP contribution in [0.15, 0.2) is 18.2 Å². The predicted octanol–water partition coefficient (Wildman–Crippen LogP) is 2.77. The first-order valence-corrected chi connectivity index (χ1v) is 5.38. The Morgan fingerprint density at radius 1 is 1.33 bits per heavy atom. The van der Waals surface area contributed by atoms with Gasteiger partial charge in [0.1, 0.15) is 0 Å². The summed E-state index contributed by atoms with van der Waals surface area (Å²) in [5, 5.41) is 0. The van der Waals surface area contributed by atoms with Crippen LogP contribution in [0, 0.1) is 0 Å². The number of halogens is 3. The van der Waals surface area contributed by atoms with Crippen LogP contribution in [0.4, 0.5) is 18.9 Å². The maximum Gasteiger partial charge on any atom is 0.418 e. The maximum absolute atomic E-state index is 12.6. The van der Waals surface area contributed by atoms with Crippen molar-refractivity contribution in [2.24, 2.45) is 0 Å². The normalized spacial score (nSPS) is 11.7. The summed E-state index contributed by atoms with van der Waals surface area (Å²) in [5.41, 5.74) is 3.88. The van der Waals surface area contributed by atoms with Crippen LogP contribution in [-0.2, 0) is 6.18 Å². The SMILES string of the molecule is CC(C)N(C)C(=O)c1ccc(N)c(C(F)(F)F)c1. The van der Waals surface area contributed by atoms with Crippen LogP contribution in [0.1, 0.15) is 29.8 Å². The summed E-state index contributed by atoms with van der Waals surface area (Å²) in [7, 11) is 1.54. The number of nitrogens with two attached hydrogens (primary N) is 1.